The summed E-state index contributed by atoms with van der Waals surface area (Å²) in [5, 5.41) is 9.71. The van der Waals surface area contributed by atoms with Crippen LogP contribution in [-0.4, -0.2) is 16.4 Å². The highest BCUT2D eigenvalue weighted by Crippen LogP contribution is 2.28. The van der Waals surface area contributed by atoms with Crippen LogP contribution in [-0.2, 0) is 6.42 Å². The molecule has 5 rings (SSSR count). The summed E-state index contributed by atoms with van der Waals surface area (Å²) in [7, 11) is 0. The van der Waals surface area contributed by atoms with E-state index < -0.39 is 12.2 Å². The zero-order valence-corrected chi connectivity index (χ0v) is 20.9. The van der Waals surface area contributed by atoms with Gasteiger partial charge in [0.25, 0.3) is 0 Å². The fourth-order valence-electron chi connectivity index (χ4n) is 4.42. The Bertz CT molecular complexity index is 1410. The molecule has 1 heterocycles. The van der Waals surface area contributed by atoms with Gasteiger partial charge in [0.15, 0.2) is 11.9 Å². The number of hydrogen-bond donors (Lipinski definition) is 1. The first-order valence-corrected chi connectivity index (χ1v) is 12.6. The average molecular weight is 504 g/mol. The maximum Gasteiger partial charge on any atom is 0.223 e. The smallest absolute Gasteiger partial charge is 0.223 e. The van der Waals surface area contributed by atoms with Crippen molar-refractivity contribution in [2.75, 3.05) is 6.61 Å². The van der Waals surface area contributed by atoms with Crippen molar-refractivity contribution in [1.82, 2.24) is 4.73 Å². The summed E-state index contributed by atoms with van der Waals surface area (Å²) < 4.78 is 7.97. The van der Waals surface area contributed by atoms with Crippen molar-refractivity contribution < 1.29 is 14.7 Å². The molecule has 0 saturated carbocycles. The fraction of sp³-hybridized carbons (Fsp3) is 0.121. The second-order valence-corrected chi connectivity index (χ2v) is 8.92. The van der Waals surface area contributed by atoms with Gasteiger partial charge in [0, 0.05) is 19.1 Å². The van der Waals surface area contributed by atoms with E-state index in [1.54, 1.807) is 10.9 Å². The van der Waals surface area contributed by atoms with Crippen LogP contribution in [0.3, 0.4) is 0 Å². The molecule has 0 fully saturated rings. The second-order valence-electron chi connectivity index (χ2n) is 8.92. The van der Waals surface area contributed by atoms with Gasteiger partial charge in [0.05, 0.1) is 11.9 Å². The van der Waals surface area contributed by atoms with Crippen LogP contribution in [0.5, 0.6) is 5.75 Å². The third kappa shape index (κ3) is 5.85. The van der Waals surface area contributed by atoms with Gasteiger partial charge in [0.2, 0.25) is 5.43 Å². The summed E-state index contributed by atoms with van der Waals surface area (Å²) in [6.07, 6.45) is 0.920. The van der Waals surface area contributed by atoms with Crippen LogP contribution in [0.2, 0.25) is 0 Å². The summed E-state index contributed by atoms with van der Waals surface area (Å²) in [5.41, 5.74) is 4.05. The zero-order valence-electron chi connectivity index (χ0n) is 20.9. The number of aliphatic hydroxyl groups is 1. The molecule has 4 aromatic carbocycles. The number of hydrogen-bond acceptors (Lipinski definition) is 4. The average Bonchev–Trinajstić information content (AvgIpc) is 2.98. The molecule has 0 spiro atoms. The normalized spacial score (nSPS) is 11.0. The number of aromatic nitrogens is 1. The van der Waals surface area contributed by atoms with Crippen molar-refractivity contribution in [2.24, 2.45) is 0 Å². The van der Waals surface area contributed by atoms with E-state index in [0.29, 0.717) is 5.69 Å². The van der Waals surface area contributed by atoms with E-state index in [1.165, 1.54) is 6.07 Å². The van der Waals surface area contributed by atoms with Gasteiger partial charge >= 0.3 is 0 Å². The summed E-state index contributed by atoms with van der Waals surface area (Å²) in [4.78, 5) is 19.8. The van der Waals surface area contributed by atoms with Crippen molar-refractivity contribution >= 4 is 0 Å². The molecule has 0 amide bonds. The Morgan fingerprint density at radius 1 is 0.632 bits per heavy atom. The van der Waals surface area contributed by atoms with Crippen LogP contribution in [0.15, 0.2) is 138 Å². The van der Waals surface area contributed by atoms with E-state index in [2.05, 4.69) is 0 Å². The highest BCUT2D eigenvalue weighted by molar-refractivity contribution is 5.34. The predicted octanol–water partition coefficient (Wildman–Crippen LogP) is 5.77. The summed E-state index contributed by atoms with van der Waals surface area (Å²) in [6.45, 7) is -0.124. The van der Waals surface area contributed by atoms with Crippen LogP contribution in [0, 0.1) is 0 Å². The SMILES string of the molecule is O=c1cc(CCO)n(OC(c2ccccc2)c2ccccc2)cc1OC(c1ccccc1)c1ccccc1. The Hall–Kier alpha value is -4.61. The first-order chi connectivity index (χ1) is 18.7. The van der Waals surface area contributed by atoms with Crippen LogP contribution < -0.4 is 15.0 Å². The van der Waals surface area contributed by atoms with Crippen molar-refractivity contribution in [3.8, 4) is 5.75 Å². The third-order valence-corrected chi connectivity index (χ3v) is 6.30. The maximum absolute atomic E-state index is 13.2. The molecule has 5 nitrogen and oxygen atoms in total. The largest absolute Gasteiger partial charge is 0.475 e. The first-order valence-electron chi connectivity index (χ1n) is 12.6. The predicted molar refractivity (Wildman–Crippen MR) is 148 cm³/mol. The van der Waals surface area contributed by atoms with Gasteiger partial charge in [-0.2, -0.15) is 4.73 Å². The van der Waals surface area contributed by atoms with Gasteiger partial charge in [-0.25, -0.2) is 0 Å². The molecule has 0 aliphatic rings. The fourth-order valence-corrected chi connectivity index (χ4v) is 4.42. The molecule has 0 aliphatic carbocycles. The van der Waals surface area contributed by atoms with E-state index in [9.17, 15) is 9.90 Å². The van der Waals surface area contributed by atoms with Crippen LogP contribution in [0.1, 0.15) is 40.2 Å². The lowest BCUT2D eigenvalue weighted by Crippen LogP contribution is -2.26. The van der Waals surface area contributed by atoms with Gasteiger partial charge in [0.1, 0.15) is 6.10 Å². The van der Waals surface area contributed by atoms with Crippen molar-refractivity contribution in [3.63, 3.8) is 0 Å². The topological polar surface area (TPSA) is 60.7 Å². The maximum atomic E-state index is 13.2. The van der Waals surface area contributed by atoms with Crippen LogP contribution in [0.4, 0.5) is 0 Å². The monoisotopic (exact) mass is 503 g/mol. The number of rotatable bonds is 10. The molecule has 1 N–H and O–H groups in total. The lowest BCUT2D eigenvalue weighted by molar-refractivity contribution is 0.0503. The molecule has 0 atom stereocenters. The molecule has 1 aromatic heterocycles. The molecule has 0 aliphatic heterocycles. The number of pyridine rings is 1. The summed E-state index contributed by atoms with van der Waals surface area (Å²) in [6, 6.07) is 40.9. The molecule has 0 bridgehead atoms. The van der Waals surface area contributed by atoms with E-state index in [4.69, 9.17) is 9.57 Å². The van der Waals surface area contributed by atoms with Crippen LogP contribution >= 0.6 is 0 Å². The lowest BCUT2D eigenvalue weighted by atomic mass is 10.0. The molecule has 0 unspecified atom stereocenters. The van der Waals surface area contributed by atoms with Crippen LogP contribution in [0.25, 0.3) is 0 Å². The van der Waals surface area contributed by atoms with Gasteiger partial charge in [-0.1, -0.05) is 121 Å². The van der Waals surface area contributed by atoms with Crippen molar-refractivity contribution in [1.29, 1.82) is 0 Å². The Balaban J connectivity index is 1.56. The van der Waals surface area contributed by atoms with Gasteiger partial charge in [-0.3, -0.25) is 4.79 Å². The minimum atomic E-state index is -0.485. The molecular weight excluding hydrogens is 474 g/mol. The number of ether oxygens (including phenoxy) is 1. The number of aliphatic hydroxyl groups excluding tert-OH is 1. The van der Waals surface area contributed by atoms with Gasteiger partial charge < -0.3 is 14.7 Å². The Kier molecular flexibility index (Phi) is 7.97. The quantitative estimate of drug-likeness (QED) is 0.263. The zero-order chi connectivity index (χ0) is 26.2. The third-order valence-electron chi connectivity index (χ3n) is 6.30. The first kappa shape index (κ1) is 25.1. The molecule has 0 radical (unpaired) electrons. The van der Waals surface area contributed by atoms with Crippen molar-refractivity contribution in [3.05, 3.63) is 172 Å². The Morgan fingerprint density at radius 2 is 1.05 bits per heavy atom. The van der Waals surface area contributed by atoms with E-state index in [0.717, 1.165) is 22.3 Å². The molecular formula is C33H29NO4. The molecule has 5 aromatic rings. The van der Waals surface area contributed by atoms with Crippen molar-refractivity contribution in [2.45, 2.75) is 18.6 Å². The Morgan fingerprint density at radius 3 is 1.47 bits per heavy atom. The number of benzene rings is 4. The molecule has 5 heteroatoms. The van der Waals surface area contributed by atoms with Gasteiger partial charge in [-0.15, -0.1) is 0 Å². The summed E-state index contributed by atoms with van der Waals surface area (Å²) in [5.74, 6) is 0.157. The van der Waals surface area contributed by atoms with Gasteiger partial charge in [-0.05, 0) is 22.3 Å². The standard InChI is InChI=1S/C33H29NO4/c35-22-21-29-23-30(36)31(37-32(25-13-5-1-6-14-25)26-15-7-2-8-16-26)24-34(29)38-33(27-17-9-3-10-18-27)28-19-11-4-12-20-28/h1-20,23-24,32-33,35H,21-22H2. The highest BCUT2D eigenvalue weighted by Gasteiger charge is 2.21. The van der Waals surface area contributed by atoms with E-state index >= 15 is 0 Å². The molecule has 0 saturated heterocycles. The highest BCUT2D eigenvalue weighted by atomic mass is 16.7. The summed E-state index contributed by atoms with van der Waals surface area (Å²) >= 11 is 0. The van der Waals surface area contributed by atoms with E-state index in [1.807, 2.05) is 121 Å². The van der Waals surface area contributed by atoms with E-state index in [-0.39, 0.29) is 24.2 Å². The minimum Gasteiger partial charge on any atom is -0.475 e. The minimum absolute atomic E-state index is 0.124. The molecule has 190 valence electrons. The molecule has 38 heavy (non-hydrogen) atoms. The number of nitrogens with zero attached hydrogens (tertiary/aromatic N) is 1. The second kappa shape index (κ2) is 12.1. The lowest BCUT2D eigenvalue weighted by Gasteiger charge is -2.25. The Labute approximate surface area is 222 Å².